The fraction of sp³-hybridized carbons (Fsp3) is 0.182. The number of halogens is 3. The Balaban J connectivity index is 1.67. The Bertz CT molecular complexity index is 1140. The van der Waals surface area contributed by atoms with Crippen LogP contribution in [0.2, 0.25) is 0 Å². The second kappa shape index (κ2) is 9.26. The van der Waals surface area contributed by atoms with Gasteiger partial charge in [0.25, 0.3) is 5.91 Å². The third-order valence-electron chi connectivity index (χ3n) is 4.27. The molecule has 0 atom stereocenters. The van der Waals surface area contributed by atoms with Crippen LogP contribution in [0.25, 0.3) is 11.3 Å². The number of methoxy groups -OCH3 is 2. The first-order chi connectivity index (χ1) is 14.8. The Hall–Kier alpha value is -3.93. The van der Waals surface area contributed by atoms with Gasteiger partial charge in [-0.1, -0.05) is 17.9 Å². The van der Waals surface area contributed by atoms with Crippen LogP contribution in [-0.4, -0.2) is 36.9 Å². The summed E-state index contributed by atoms with van der Waals surface area (Å²) in [5.41, 5.74) is 0.748. The van der Waals surface area contributed by atoms with Crippen LogP contribution in [0.5, 0.6) is 11.5 Å². The zero-order valence-corrected chi connectivity index (χ0v) is 16.6. The molecule has 6 nitrogen and oxygen atoms in total. The smallest absolute Gasteiger partial charge is 0.416 e. The Kier molecular flexibility index (Phi) is 6.50. The highest BCUT2D eigenvalue weighted by Gasteiger charge is 2.30. The molecule has 9 heteroatoms. The van der Waals surface area contributed by atoms with Gasteiger partial charge in [0.15, 0.2) is 0 Å². The Morgan fingerprint density at radius 3 is 2.65 bits per heavy atom. The topological polar surface area (TPSA) is 76.2 Å². The van der Waals surface area contributed by atoms with Gasteiger partial charge in [-0.3, -0.25) is 9.89 Å². The average molecular weight is 429 g/mol. The number of rotatable bonds is 5. The first-order valence-corrected chi connectivity index (χ1v) is 9.04. The predicted octanol–water partition coefficient (Wildman–Crippen LogP) is 3.89. The number of aromatic nitrogens is 2. The van der Waals surface area contributed by atoms with Crippen molar-refractivity contribution in [1.29, 1.82) is 0 Å². The molecule has 2 N–H and O–H groups in total. The maximum Gasteiger partial charge on any atom is 0.416 e. The summed E-state index contributed by atoms with van der Waals surface area (Å²) >= 11 is 0. The number of aromatic amines is 1. The van der Waals surface area contributed by atoms with Gasteiger partial charge in [-0.2, -0.15) is 18.3 Å². The maximum absolute atomic E-state index is 12.7. The minimum absolute atomic E-state index is 0.0497. The van der Waals surface area contributed by atoms with Crippen molar-refractivity contribution in [3.8, 4) is 34.6 Å². The summed E-state index contributed by atoms with van der Waals surface area (Å²) in [5, 5.41) is 9.35. The number of benzene rings is 2. The molecule has 0 saturated carbocycles. The third kappa shape index (κ3) is 5.36. The number of H-pyrrole nitrogens is 1. The van der Waals surface area contributed by atoms with Gasteiger partial charge in [-0.15, -0.1) is 0 Å². The molecular weight excluding hydrogens is 411 g/mol. The Morgan fingerprint density at radius 2 is 1.94 bits per heavy atom. The van der Waals surface area contributed by atoms with Crippen LogP contribution < -0.4 is 14.8 Å². The molecule has 0 fully saturated rings. The number of alkyl halides is 3. The molecule has 0 spiro atoms. The highest BCUT2D eigenvalue weighted by Crippen LogP contribution is 2.32. The van der Waals surface area contributed by atoms with Gasteiger partial charge in [-0.25, -0.2) is 0 Å². The summed E-state index contributed by atoms with van der Waals surface area (Å²) in [6.07, 6.45) is -4.43. The van der Waals surface area contributed by atoms with Crippen LogP contribution >= 0.6 is 0 Å². The molecule has 0 aliphatic rings. The standard InChI is InChI=1S/C22H18F3N3O3/c1-30-16-8-9-20(31-2)17(12-16)18-13-19(28-27-18)21(29)26-10-4-6-14-5-3-7-15(11-14)22(23,24)25/h3,5,7-9,11-13H,10H2,1-2H3,(H,26,29)(H,27,28). The van der Waals surface area contributed by atoms with Gasteiger partial charge < -0.3 is 14.8 Å². The molecule has 160 valence electrons. The lowest BCUT2D eigenvalue weighted by Crippen LogP contribution is -2.23. The number of carbonyl (C=O) groups excluding carboxylic acids is 1. The highest BCUT2D eigenvalue weighted by molar-refractivity contribution is 5.93. The zero-order chi connectivity index (χ0) is 22.4. The first-order valence-electron chi connectivity index (χ1n) is 9.04. The zero-order valence-electron chi connectivity index (χ0n) is 16.6. The largest absolute Gasteiger partial charge is 0.497 e. The van der Waals surface area contributed by atoms with Crippen LogP contribution in [0.15, 0.2) is 48.5 Å². The Morgan fingerprint density at radius 1 is 1.13 bits per heavy atom. The van der Waals surface area contributed by atoms with E-state index < -0.39 is 17.6 Å². The van der Waals surface area contributed by atoms with Crippen LogP contribution in [-0.2, 0) is 6.18 Å². The van der Waals surface area contributed by atoms with Crippen molar-refractivity contribution in [2.45, 2.75) is 6.18 Å². The first kappa shape index (κ1) is 21.8. The number of hydrogen-bond donors (Lipinski definition) is 2. The predicted molar refractivity (Wildman–Crippen MR) is 108 cm³/mol. The molecule has 2 aromatic carbocycles. The van der Waals surface area contributed by atoms with E-state index in [0.717, 1.165) is 12.1 Å². The van der Waals surface area contributed by atoms with Crippen LogP contribution in [0.4, 0.5) is 13.2 Å². The van der Waals surface area contributed by atoms with Gasteiger partial charge in [-0.05, 0) is 42.5 Å². The number of ether oxygens (including phenoxy) is 2. The van der Waals surface area contributed by atoms with Crippen LogP contribution in [0.3, 0.4) is 0 Å². The van der Waals surface area contributed by atoms with Gasteiger partial charge in [0.2, 0.25) is 0 Å². The van der Waals surface area contributed by atoms with E-state index in [4.69, 9.17) is 9.47 Å². The number of hydrogen-bond acceptors (Lipinski definition) is 4. The van der Waals surface area contributed by atoms with E-state index in [1.807, 2.05) is 0 Å². The second-order valence-electron chi connectivity index (χ2n) is 6.30. The molecule has 31 heavy (non-hydrogen) atoms. The van der Waals surface area contributed by atoms with E-state index >= 15 is 0 Å². The quantitative estimate of drug-likeness (QED) is 0.604. The van der Waals surface area contributed by atoms with E-state index in [1.54, 1.807) is 24.3 Å². The molecule has 0 radical (unpaired) electrons. The molecule has 3 aromatic rings. The molecule has 3 rings (SSSR count). The van der Waals surface area contributed by atoms with Gasteiger partial charge in [0.05, 0.1) is 32.0 Å². The molecule has 1 heterocycles. The maximum atomic E-state index is 12.7. The van der Waals surface area contributed by atoms with E-state index in [9.17, 15) is 18.0 Å². The summed E-state index contributed by atoms with van der Waals surface area (Å²) in [7, 11) is 3.06. The third-order valence-corrected chi connectivity index (χ3v) is 4.27. The summed E-state index contributed by atoms with van der Waals surface area (Å²) in [4.78, 5) is 12.3. The van der Waals surface area contributed by atoms with E-state index in [2.05, 4.69) is 27.4 Å². The average Bonchev–Trinajstić information content (AvgIpc) is 3.26. The normalized spacial score (nSPS) is 10.7. The molecule has 0 bridgehead atoms. The number of carbonyl (C=O) groups is 1. The lowest BCUT2D eigenvalue weighted by molar-refractivity contribution is -0.137. The Labute approximate surface area is 176 Å². The van der Waals surface area contributed by atoms with Crippen molar-refractivity contribution < 1.29 is 27.4 Å². The van der Waals surface area contributed by atoms with E-state index in [-0.39, 0.29) is 17.8 Å². The summed E-state index contributed by atoms with van der Waals surface area (Å²) in [6, 6.07) is 11.4. The molecule has 0 aliphatic carbocycles. The van der Waals surface area contributed by atoms with E-state index in [1.165, 1.54) is 26.4 Å². The highest BCUT2D eigenvalue weighted by atomic mass is 19.4. The van der Waals surface area contributed by atoms with Crippen molar-refractivity contribution in [2.24, 2.45) is 0 Å². The van der Waals surface area contributed by atoms with Crippen molar-refractivity contribution in [3.63, 3.8) is 0 Å². The van der Waals surface area contributed by atoms with Crippen LogP contribution in [0.1, 0.15) is 21.6 Å². The van der Waals surface area contributed by atoms with Gasteiger partial charge >= 0.3 is 6.18 Å². The number of nitrogens with zero attached hydrogens (tertiary/aromatic N) is 1. The summed E-state index contributed by atoms with van der Waals surface area (Å²) < 4.78 is 48.7. The van der Waals surface area contributed by atoms with Gasteiger partial charge in [0.1, 0.15) is 17.2 Å². The van der Waals surface area contributed by atoms with Crippen molar-refractivity contribution in [1.82, 2.24) is 15.5 Å². The minimum Gasteiger partial charge on any atom is -0.497 e. The SMILES string of the molecule is COc1ccc(OC)c(-c2cc(C(=O)NCC#Cc3cccc(C(F)(F)F)c3)[nH]n2)c1. The fourth-order valence-corrected chi connectivity index (χ4v) is 2.73. The minimum atomic E-state index is -4.43. The molecular formula is C22H18F3N3O3. The molecule has 0 unspecified atom stereocenters. The fourth-order valence-electron chi connectivity index (χ4n) is 2.73. The monoisotopic (exact) mass is 429 g/mol. The van der Waals surface area contributed by atoms with E-state index in [0.29, 0.717) is 22.8 Å². The number of nitrogens with one attached hydrogen (secondary N) is 2. The molecule has 0 saturated heterocycles. The lowest BCUT2D eigenvalue weighted by Gasteiger charge is -2.08. The molecule has 1 amide bonds. The van der Waals surface area contributed by atoms with Crippen LogP contribution in [0, 0.1) is 11.8 Å². The second-order valence-corrected chi connectivity index (χ2v) is 6.30. The van der Waals surface area contributed by atoms with Gasteiger partial charge in [0, 0.05) is 11.1 Å². The van der Waals surface area contributed by atoms with Crippen molar-refractivity contribution in [2.75, 3.05) is 20.8 Å². The summed E-state index contributed by atoms with van der Waals surface area (Å²) in [6.45, 7) is -0.0497. The van der Waals surface area contributed by atoms with Crippen molar-refractivity contribution >= 4 is 5.91 Å². The molecule has 1 aromatic heterocycles. The number of amides is 1. The van der Waals surface area contributed by atoms with Crippen molar-refractivity contribution in [3.05, 3.63) is 65.4 Å². The summed E-state index contributed by atoms with van der Waals surface area (Å²) in [5.74, 6) is 5.94. The molecule has 0 aliphatic heterocycles. The lowest BCUT2D eigenvalue weighted by atomic mass is 10.1.